The second kappa shape index (κ2) is 7.25. The normalized spacial score (nSPS) is 12.8. The summed E-state index contributed by atoms with van der Waals surface area (Å²) in [7, 11) is 0. The molecule has 21 heavy (non-hydrogen) atoms. The monoisotopic (exact) mass is 291 g/mol. The zero-order chi connectivity index (χ0) is 16.0. The van der Waals surface area contributed by atoms with Crippen molar-refractivity contribution >= 4 is 11.9 Å². The van der Waals surface area contributed by atoms with Crippen molar-refractivity contribution in [1.29, 1.82) is 0 Å². The second-order valence-corrected chi connectivity index (χ2v) is 6.63. The van der Waals surface area contributed by atoms with E-state index in [1.165, 1.54) is 12.1 Å². The molecule has 0 heterocycles. The molecule has 0 saturated heterocycles. The predicted octanol–water partition coefficient (Wildman–Crippen LogP) is 2.67. The number of hydrogen-bond donors (Lipinski definition) is 0. The quantitative estimate of drug-likeness (QED) is 0.756. The molecule has 0 saturated carbocycles. The van der Waals surface area contributed by atoms with E-state index < -0.39 is 11.9 Å². The van der Waals surface area contributed by atoms with Gasteiger partial charge in [0, 0.05) is 5.56 Å². The predicted molar refractivity (Wildman–Crippen MR) is 78.9 cm³/mol. The van der Waals surface area contributed by atoms with Crippen LogP contribution in [0.15, 0.2) is 24.3 Å². The van der Waals surface area contributed by atoms with Crippen molar-refractivity contribution in [3.8, 4) is 0 Å². The van der Waals surface area contributed by atoms with Gasteiger partial charge < -0.3 is 14.6 Å². The van der Waals surface area contributed by atoms with Gasteiger partial charge in [-0.3, -0.25) is 0 Å². The molecule has 1 aromatic carbocycles. The van der Waals surface area contributed by atoms with Crippen molar-refractivity contribution in [2.24, 2.45) is 11.3 Å². The molecular weight excluding hydrogens is 268 g/mol. The van der Waals surface area contributed by atoms with E-state index in [4.69, 9.17) is 4.74 Å². The Morgan fingerprint density at radius 1 is 1.19 bits per heavy atom. The van der Waals surface area contributed by atoms with E-state index in [1.54, 1.807) is 12.1 Å². The van der Waals surface area contributed by atoms with Gasteiger partial charge in [-0.05, 0) is 30.2 Å². The first-order valence-corrected chi connectivity index (χ1v) is 7.18. The largest absolute Gasteiger partial charge is 0.545 e. The molecule has 0 aliphatic heterocycles. The van der Waals surface area contributed by atoms with Crippen LogP contribution in [-0.2, 0) is 4.74 Å². The van der Waals surface area contributed by atoms with Gasteiger partial charge in [0.05, 0.1) is 18.1 Å². The van der Waals surface area contributed by atoms with Crippen LogP contribution in [0.3, 0.4) is 0 Å². The summed E-state index contributed by atoms with van der Waals surface area (Å²) in [5, 5.41) is 10.9. The van der Waals surface area contributed by atoms with Gasteiger partial charge >= 0.3 is 5.97 Å². The fourth-order valence-corrected chi connectivity index (χ4v) is 2.42. The summed E-state index contributed by atoms with van der Waals surface area (Å²) in [6.07, 6.45) is 1.80. The van der Waals surface area contributed by atoms with Gasteiger partial charge in [-0.25, -0.2) is 4.79 Å². The van der Waals surface area contributed by atoms with Gasteiger partial charge in [0.15, 0.2) is 0 Å². The zero-order valence-electron chi connectivity index (χ0n) is 13.1. The maximum atomic E-state index is 11.9. The van der Waals surface area contributed by atoms with Crippen molar-refractivity contribution in [2.45, 2.75) is 40.5 Å². The van der Waals surface area contributed by atoms with E-state index in [2.05, 4.69) is 27.7 Å². The van der Waals surface area contributed by atoms with Crippen LogP contribution in [0.1, 0.15) is 61.3 Å². The molecule has 1 aromatic rings. The smallest absolute Gasteiger partial charge is 0.338 e. The molecule has 0 aliphatic carbocycles. The van der Waals surface area contributed by atoms with E-state index >= 15 is 0 Å². The summed E-state index contributed by atoms with van der Waals surface area (Å²) in [6.45, 7) is 8.93. The van der Waals surface area contributed by atoms with Crippen LogP contribution in [0.2, 0.25) is 0 Å². The van der Waals surface area contributed by atoms with Crippen molar-refractivity contribution in [3.63, 3.8) is 0 Å². The maximum Gasteiger partial charge on any atom is 0.338 e. The van der Waals surface area contributed by atoms with Crippen molar-refractivity contribution in [3.05, 3.63) is 35.4 Å². The summed E-state index contributed by atoms with van der Waals surface area (Å²) in [4.78, 5) is 22.9. The highest BCUT2D eigenvalue weighted by Crippen LogP contribution is 2.25. The highest BCUT2D eigenvalue weighted by atomic mass is 16.5. The molecular formula is C17H23O4-. The van der Waals surface area contributed by atoms with Crippen LogP contribution >= 0.6 is 0 Å². The molecule has 0 unspecified atom stereocenters. The minimum Gasteiger partial charge on any atom is -0.545 e. The molecule has 116 valence electrons. The van der Waals surface area contributed by atoms with Crippen LogP contribution in [0.4, 0.5) is 0 Å². The lowest BCUT2D eigenvalue weighted by Gasteiger charge is -2.23. The molecule has 0 aliphatic rings. The Kier molecular flexibility index (Phi) is 5.94. The number of ether oxygens (including phenoxy) is 1. The van der Waals surface area contributed by atoms with Gasteiger partial charge in [-0.2, -0.15) is 0 Å². The van der Waals surface area contributed by atoms with Crippen LogP contribution in [0.25, 0.3) is 0 Å². The van der Waals surface area contributed by atoms with Crippen LogP contribution in [-0.4, -0.2) is 18.5 Å². The number of aromatic carboxylic acids is 1. The van der Waals surface area contributed by atoms with E-state index in [0.29, 0.717) is 5.92 Å². The minimum absolute atomic E-state index is 0.0426. The topological polar surface area (TPSA) is 66.4 Å². The lowest BCUT2D eigenvalue weighted by atomic mass is 9.84. The van der Waals surface area contributed by atoms with Crippen LogP contribution < -0.4 is 5.11 Å². The first kappa shape index (κ1) is 17.2. The third-order valence-electron chi connectivity index (χ3n) is 3.17. The third kappa shape index (κ3) is 5.98. The Morgan fingerprint density at radius 2 is 1.76 bits per heavy atom. The summed E-state index contributed by atoms with van der Waals surface area (Å²) in [5.74, 6) is -1.55. The van der Waals surface area contributed by atoms with E-state index in [1.807, 2.05) is 0 Å². The molecule has 0 radical (unpaired) electrons. The van der Waals surface area contributed by atoms with Crippen molar-refractivity contribution < 1.29 is 19.4 Å². The van der Waals surface area contributed by atoms with Crippen molar-refractivity contribution in [2.75, 3.05) is 6.61 Å². The number of hydrogen-bond acceptors (Lipinski definition) is 4. The number of carboxylic acid groups (broad SMARTS) is 1. The molecule has 4 heteroatoms. The zero-order valence-corrected chi connectivity index (χ0v) is 13.1. The summed E-state index contributed by atoms with van der Waals surface area (Å²) < 4.78 is 5.17. The molecule has 0 aromatic heterocycles. The van der Waals surface area contributed by atoms with E-state index in [0.717, 1.165) is 12.8 Å². The van der Waals surface area contributed by atoms with Gasteiger partial charge in [-0.1, -0.05) is 45.9 Å². The fraction of sp³-hybridized carbons (Fsp3) is 0.529. The number of benzene rings is 1. The van der Waals surface area contributed by atoms with Crippen LogP contribution in [0.5, 0.6) is 0 Å². The standard InChI is InChI=1S/C17H24O4/c1-12(11-17(2,3)4)9-10-21-16(20)14-8-6-5-7-13(14)15(18)19/h5-8,12H,9-11H2,1-4H3,(H,18,19)/p-1/t12-/m1/s1. The fourth-order valence-electron chi connectivity index (χ4n) is 2.42. The molecule has 0 amide bonds. The molecule has 1 rings (SSSR count). The first-order chi connectivity index (χ1) is 9.70. The van der Waals surface area contributed by atoms with Gasteiger partial charge in [0.25, 0.3) is 0 Å². The summed E-state index contributed by atoms with van der Waals surface area (Å²) >= 11 is 0. The number of carbonyl (C=O) groups is 2. The second-order valence-electron chi connectivity index (χ2n) is 6.63. The Morgan fingerprint density at radius 3 is 2.29 bits per heavy atom. The number of rotatable bonds is 6. The Hall–Kier alpha value is -1.84. The number of carbonyl (C=O) groups excluding carboxylic acids is 2. The summed E-state index contributed by atoms with van der Waals surface area (Å²) in [6, 6.07) is 5.93. The van der Waals surface area contributed by atoms with Gasteiger partial charge in [-0.15, -0.1) is 0 Å². The number of esters is 1. The van der Waals surface area contributed by atoms with E-state index in [9.17, 15) is 14.7 Å². The molecule has 0 N–H and O–H groups in total. The maximum absolute atomic E-state index is 11.9. The van der Waals surface area contributed by atoms with E-state index in [-0.39, 0.29) is 23.1 Å². The Balaban J connectivity index is 2.54. The minimum atomic E-state index is -1.37. The summed E-state index contributed by atoms with van der Waals surface area (Å²) in [5.41, 5.74) is 0.150. The average Bonchev–Trinajstić information content (AvgIpc) is 2.36. The van der Waals surface area contributed by atoms with Crippen molar-refractivity contribution in [1.82, 2.24) is 0 Å². The van der Waals surface area contributed by atoms with Crippen LogP contribution in [0, 0.1) is 11.3 Å². The first-order valence-electron chi connectivity index (χ1n) is 7.18. The third-order valence-corrected chi connectivity index (χ3v) is 3.17. The lowest BCUT2D eigenvalue weighted by Crippen LogP contribution is -2.25. The number of carboxylic acids is 1. The van der Waals surface area contributed by atoms with Gasteiger partial charge in [0.2, 0.25) is 0 Å². The lowest BCUT2D eigenvalue weighted by molar-refractivity contribution is -0.255. The Labute approximate surface area is 126 Å². The van der Waals surface area contributed by atoms with Gasteiger partial charge in [0.1, 0.15) is 0 Å². The molecule has 1 atom stereocenters. The average molecular weight is 291 g/mol. The molecule has 0 fully saturated rings. The highest BCUT2D eigenvalue weighted by molar-refractivity contribution is 6.01. The molecule has 0 bridgehead atoms. The SMILES string of the molecule is C[C@H](CCOC(=O)c1ccccc1C(=O)[O-])CC(C)(C)C. The highest BCUT2D eigenvalue weighted by Gasteiger charge is 2.17. The molecule has 0 spiro atoms. The molecule has 4 nitrogen and oxygen atoms in total. The Bertz CT molecular complexity index is 500.